The number of anilines is 1. The molecule has 36 heavy (non-hydrogen) atoms. The van der Waals surface area contributed by atoms with Crippen LogP contribution in [0.4, 0.5) is 5.82 Å². The number of rotatable bonds is 8. The lowest BCUT2D eigenvalue weighted by atomic mass is 9.89. The van der Waals surface area contributed by atoms with Gasteiger partial charge in [-0.05, 0) is 56.3 Å². The number of ether oxygens (including phenoxy) is 1. The van der Waals surface area contributed by atoms with Crippen molar-refractivity contribution in [3.05, 3.63) is 48.2 Å². The quantitative estimate of drug-likeness (QED) is 0.484. The fourth-order valence-electron chi connectivity index (χ4n) is 6.32. The number of nitrogens with zero attached hydrogens (tertiary/aromatic N) is 4. The van der Waals surface area contributed by atoms with Crippen LogP contribution < -0.4 is 15.0 Å². The third-order valence-corrected chi connectivity index (χ3v) is 8.38. The van der Waals surface area contributed by atoms with Crippen LogP contribution in [-0.2, 0) is 6.54 Å². The highest BCUT2D eigenvalue weighted by molar-refractivity contribution is 5.88. The molecule has 2 aromatic heterocycles. The minimum Gasteiger partial charge on any atom is -0.477 e. The Hall–Kier alpha value is -2.64. The van der Waals surface area contributed by atoms with E-state index in [1.165, 1.54) is 44.9 Å². The van der Waals surface area contributed by atoms with Crippen LogP contribution in [0.3, 0.4) is 0 Å². The summed E-state index contributed by atoms with van der Waals surface area (Å²) >= 11 is 0. The predicted molar refractivity (Wildman–Crippen MR) is 142 cm³/mol. The molecule has 3 aliphatic rings. The zero-order chi connectivity index (χ0) is 24.2. The summed E-state index contributed by atoms with van der Waals surface area (Å²) in [4.78, 5) is 9.82. The molecule has 1 saturated carbocycles. The van der Waals surface area contributed by atoms with Gasteiger partial charge >= 0.3 is 0 Å². The number of piperidine rings is 1. The van der Waals surface area contributed by atoms with Crippen LogP contribution in [0.15, 0.2) is 47.0 Å². The first-order valence-electron chi connectivity index (χ1n) is 13.9. The van der Waals surface area contributed by atoms with Gasteiger partial charge in [0, 0.05) is 50.7 Å². The van der Waals surface area contributed by atoms with Crippen molar-refractivity contribution in [3.8, 4) is 5.88 Å². The van der Waals surface area contributed by atoms with Gasteiger partial charge in [-0.25, -0.2) is 4.98 Å². The number of aromatic nitrogens is 2. The molecule has 0 amide bonds. The molecule has 7 heteroatoms. The summed E-state index contributed by atoms with van der Waals surface area (Å²) in [5, 5.41) is 9.12. The van der Waals surface area contributed by atoms with Crippen molar-refractivity contribution in [1.29, 1.82) is 0 Å². The number of piperazine rings is 1. The monoisotopic (exact) mass is 489 g/mol. The number of pyridine rings is 1. The van der Waals surface area contributed by atoms with Crippen molar-refractivity contribution < 1.29 is 9.26 Å². The average Bonchev–Trinajstić information content (AvgIpc) is 3.37. The van der Waals surface area contributed by atoms with Gasteiger partial charge in [0.25, 0.3) is 0 Å². The van der Waals surface area contributed by atoms with E-state index in [0.29, 0.717) is 12.0 Å². The minimum absolute atomic E-state index is 0.551. The third kappa shape index (κ3) is 5.52. The lowest BCUT2D eigenvalue weighted by Crippen LogP contribution is -2.57. The van der Waals surface area contributed by atoms with Crippen molar-refractivity contribution in [2.45, 2.75) is 57.5 Å². The Balaban J connectivity index is 0.965. The largest absolute Gasteiger partial charge is 0.477 e. The first-order valence-corrected chi connectivity index (χ1v) is 13.9. The minimum atomic E-state index is 0.551. The van der Waals surface area contributed by atoms with Gasteiger partial charge in [-0.3, -0.25) is 4.90 Å². The molecule has 4 heterocycles. The van der Waals surface area contributed by atoms with Crippen molar-refractivity contribution in [2.75, 3.05) is 44.2 Å². The van der Waals surface area contributed by atoms with Gasteiger partial charge in [0.15, 0.2) is 11.4 Å². The van der Waals surface area contributed by atoms with E-state index in [-0.39, 0.29) is 0 Å². The Labute approximate surface area is 214 Å². The van der Waals surface area contributed by atoms with Crippen LogP contribution in [0.2, 0.25) is 0 Å². The third-order valence-electron chi connectivity index (χ3n) is 8.38. The maximum absolute atomic E-state index is 6.19. The fraction of sp³-hybridized carbons (Fsp3) is 0.586. The number of benzene rings is 1. The van der Waals surface area contributed by atoms with Gasteiger partial charge in [0.1, 0.15) is 0 Å². The van der Waals surface area contributed by atoms with Crippen LogP contribution in [0.25, 0.3) is 11.0 Å². The van der Waals surface area contributed by atoms with Gasteiger partial charge in [0.2, 0.25) is 5.88 Å². The highest BCUT2D eigenvalue weighted by Gasteiger charge is 2.34. The molecule has 3 aromatic rings. The maximum Gasteiger partial charge on any atom is 0.213 e. The van der Waals surface area contributed by atoms with Gasteiger partial charge < -0.3 is 19.5 Å². The van der Waals surface area contributed by atoms with E-state index in [0.717, 1.165) is 80.2 Å². The predicted octanol–water partition coefficient (Wildman–Crippen LogP) is 4.87. The fourth-order valence-corrected chi connectivity index (χ4v) is 6.32. The van der Waals surface area contributed by atoms with E-state index >= 15 is 0 Å². The number of fused-ring (bicyclic) bond motifs is 2. The van der Waals surface area contributed by atoms with Gasteiger partial charge in [-0.1, -0.05) is 42.6 Å². The molecule has 7 nitrogen and oxygen atoms in total. The molecule has 0 unspecified atom stereocenters. The number of hydrogen-bond donors (Lipinski definition) is 1. The first-order chi connectivity index (χ1) is 17.8. The second-order valence-corrected chi connectivity index (χ2v) is 11.0. The number of hydrogen-bond acceptors (Lipinski definition) is 7. The summed E-state index contributed by atoms with van der Waals surface area (Å²) in [6.45, 7) is 6.83. The van der Waals surface area contributed by atoms with E-state index < -0.39 is 0 Å². The Morgan fingerprint density at radius 1 is 0.917 bits per heavy atom. The zero-order valence-electron chi connectivity index (χ0n) is 21.3. The highest BCUT2D eigenvalue weighted by Crippen LogP contribution is 2.31. The summed E-state index contributed by atoms with van der Waals surface area (Å²) in [5.41, 5.74) is 1.94. The SMILES string of the molecule is c1cc(CNCC2CCCCC2)nc(OC[C@H]2CC[C@H]3CN(c4noc5ccccc45)CCN3C2)c1. The molecule has 3 fully saturated rings. The summed E-state index contributed by atoms with van der Waals surface area (Å²) in [5.74, 6) is 3.15. The summed E-state index contributed by atoms with van der Waals surface area (Å²) in [6, 6.07) is 14.9. The molecule has 2 aliphatic heterocycles. The number of nitrogens with one attached hydrogen (secondary N) is 1. The van der Waals surface area contributed by atoms with E-state index in [1.807, 2.05) is 18.2 Å². The van der Waals surface area contributed by atoms with E-state index in [2.05, 4.69) is 44.5 Å². The molecule has 6 rings (SSSR count). The van der Waals surface area contributed by atoms with Crippen molar-refractivity contribution >= 4 is 16.8 Å². The molecule has 1 N–H and O–H groups in total. The van der Waals surface area contributed by atoms with Crippen LogP contribution in [0.1, 0.15) is 50.6 Å². The average molecular weight is 490 g/mol. The van der Waals surface area contributed by atoms with Crippen LogP contribution in [0.5, 0.6) is 5.88 Å². The Bertz CT molecular complexity index is 1130. The van der Waals surface area contributed by atoms with E-state index in [4.69, 9.17) is 14.2 Å². The summed E-state index contributed by atoms with van der Waals surface area (Å²) in [7, 11) is 0. The second-order valence-electron chi connectivity index (χ2n) is 11.0. The summed E-state index contributed by atoms with van der Waals surface area (Å²) < 4.78 is 11.7. The standard InChI is InChI=1S/C29H39N5O2/c1-2-7-22(8-3-1)17-30-18-24-9-6-12-28(31-24)35-21-23-13-14-25-20-34(16-15-33(25)19-23)29-26-10-4-5-11-27(26)36-32-29/h4-6,9-12,22-23,25,30H,1-3,7-8,13-21H2/t23-,25-/m0/s1. The van der Waals surface area contributed by atoms with E-state index in [9.17, 15) is 0 Å². The molecule has 2 saturated heterocycles. The Morgan fingerprint density at radius 2 is 1.83 bits per heavy atom. The smallest absolute Gasteiger partial charge is 0.213 e. The van der Waals surface area contributed by atoms with Gasteiger partial charge in [-0.15, -0.1) is 0 Å². The van der Waals surface area contributed by atoms with Crippen LogP contribution >= 0.6 is 0 Å². The highest BCUT2D eigenvalue weighted by atomic mass is 16.5. The molecular weight excluding hydrogens is 450 g/mol. The Kier molecular flexibility index (Phi) is 7.37. The zero-order valence-corrected chi connectivity index (χ0v) is 21.3. The van der Waals surface area contributed by atoms with Crippen molar-refractivity contribution in [2.24, 2.45) is 11.8 Å². The van der Waals surface area contributed by atoms with Gasteiger partial charge in [0.05, 0.1) is 17.7 Å². The van der Waals surface area contributed by atoms with Crippen molar-refractivity contribution in [3.63, 3.8) is 0 Å². The molecule has 0 radical (unpaired) electrons. The lowest BCUT2D eigenvalue weighted by molar-refractivity contribution is 0.0716. The second kappa shape index (κ2) is 11.2. The topological polar surface area (TPSA) is 66.7 Å². The molecule has 0 spiro atoms. The molecule has 1 aliphatic carbocycles. The maximum atomic E-state index is 6.19. The molecular formula is C29H39N5O2. The molecule has 1 aromatic carbocycles. The van der Waals surface area contributed by atoms with Crippen molar-refractivity contribution in [1.82, 2.24) is 20.4 Å². The van der Waals surface area contributed by atoms with E-state index in [1.54, 1.807) is 0 Å². The van der Waals surface area contributed by atoms with Gasteiger partial charge in [-0.2, -0.15) is 0 Å². The summed E-state index contributed by atoms with van der Waals surface area (Å²) in [6.07, 6.45) is 9.33. The number of para-hydroxylation sites is 1. The van der Waals surface area contributed by atoms with Crippen LogP contribution in [-0.4, -0.2) is 60.4 Å². The Morgan fingerprint density at radius 3 is 2.78 bits per heavy atom. The van der Waals surface area contributed by atoms with Crippen LogP contribution in [0, 0.1) is 11.8 Å². The lowest BCUT2D eigenvalue weighted by Gasteiger charge is -2.46. The normalized spacial score (nSPS) is 23.6. The first kappa shape index (κ1) is 23.7. The molecule has 0 bridgehead atoms. The molecule has 2 atom stereocenters. The molecule has 192 valence electrons.